The number of aromatic amines is 1. The first kappa shape index (κ1) is 19.5. The van der Waals surface area contributed by atoms with E-state index in [2.05, 4.69) is 40.5 Å². The zero-order valence-corrected chi connectivity index (χ0v) is 17.5. The lowest BCUT2D eigenvalue weighted by Crippen LogP contribution is -2.21. The van der Waals surface area contributed by atoms with E-state index in [1.165, 1.54) is 0 Å². The smallest absolute Gasteiger partial charge is 0.244 e. The van der Waals surface area contributed by atoms with E-state index in [9.17, 15) is 5.26 Å². The lowest BCUT2D eigenvalue weighted by molar-refractivity contribution is 0.354. The summed E-state index contributed by atoms with van der Waals surface area (Å²) in [4.78, 5) is 0. The molecule has 0 radical (unpaired) electrons. The van der Waals surface area contributed by atoms with Crippen molar-refractivity contribution in [2.24, 2.45) is 5.73 Å². The van der Waals surface area contributed by atoms with Crippen molar-refractivity contribution in [3.63, 3.8) is 0 Å². The van der Waals surface area contributed by atoms with Crippen molar-refractivity contribution in [2.75, 3.05) is 14.2 Å². The van der Waals surface area contributed by atoms with Crippen molar-refractivity contribution in [1.29, 1.82) is 5.26 Å². The van der Waals surface area contributed by atoms with Crippen molar-refractivity contribution in [2.45, 2.75) is 5.92 Å². The monoisotopic (exact) mass is 424 g/mol. The first-order valence-electron chi connectivity index (χ1n) is 10.0. The van der Waals surface area contributed by atoms with Crippen molar-refractivity contribution in [1.82, 2.24) is 10.2 Å². The van der Waals surface area contributed by atoms with Gasteiger partial charge in [0, 0.05) is 5.56 Å². The molecule has 1 aromatic heterocycles. The molecular formula is C25H20N4O3. The summed E-state index contributed by atoms with van der Waals surface area (Å²) in [6.45, 7) is 0. The van der Waals surface area contributed by atoms with Crippen LogP contribution in [0.1, 0.15) is 17.0 Å². The number of ether oxygens (including phenoxy) is 3. The Morgan fingerprint density at radius 3 is 2.53 bits per heavy atom. The molecule has 4 aromatic rings. The van der Waals surface area contributed by atoms with Crippen LogP contribution in [0.5, 0.6) is 17.4 Å². The molecule has 0 saturated heterocycles. The van der Waals surface area contributed by atoms with E-state index in [-0.39, 0.29) is 5.88 Å². The van der Waals surface area contributed by atoms with Gasteiger partial charge in [0.1, 0.15) is 11.6 Å². The maximum atomic E-state index is 9.93. The average Bonchev–Trinajstić information content (AvgIpc) is 3.25. The van der Waals surface area contributed by atoms with E-state index in [1.54, 1.807) is 14.2 Å². The van der Waals surface area contributed by atoms with E-state index < -0.39 is 5.92 Å². The Morgan fingerprint density at radius 1 is 1.00 bits per heavy atom. The largest absolute Gasteiger partial charge is 0.493 e. The predicted molar refractivity (Wildman–Crippen MR) is 120 cm³/mol. The number of hydrogen-bond acceptors (Lipinski definition) is 6. The Morgan fingerprint density at radius 2 is 1.78 bits per heavy atom. The molecular weight excluding hydrogens is 404 g/mol. The minimum Gasteiger partial charge on any atom is -0.493 e. The number of rotatable bonds is 4. The fourth-order valence-electron chi connectivity index (χ4n) is 4.18. The molecule has 7 heteroatoms. The topological polar surface area (TPSA) is 106 Å². The number of nitrogens with zero attached hydrogens (tertiary/aromatic N) is 2. The van der Waals surface area contributed by atoms with Gasteiger partial charge < -0.3 is 19.9 Å². The van der Waals surface area contributed by atoms with Gasteiger partial charge in [0.05, 0.1) is 31.4 Å². The summed E-state index contributed by atoms with van der Waals surface area (Å²) >= 11 is 0. The van der Waals surface area contributed by atoms with Crippen LogP contribution in [-0.4, -0.2) is 24.4 Å². The number of allylic oxidation sites excluding steroid dienone is 1. The number of nitrogens with one attached hydrogen (secondary N) is 1. The van der Waals surface area contributed by atoms with Crippen LogP contribution in [0.25, 0.3) is 22.0 Å². The summed E-state index contributed by atoms with van der Waals surface area (Å²) in [6, 6.07) is 22.1. The third-order valence-electron chi connectivity index (χ3n) is 5.72. The molecule has 3 N–H and O–H groups in total. The van der Waals surface area contributed by atoms with E-state index in [0.29, 0.717) is 23.0 Å². The third-order valence-corrected chi connectivity index (χ3v) is 5.72. The van der Waals surface area contributed by atoms with Gasteiger partial charge in [-0.3, -0.25) is 5.10 Å². The molecule has 158 valence electrons. The summed E-state index contributed by atoms with van der Waals surface area (Å²) in [7, 11) is 3.15. The lowest BCUT2D eigenvalue weighted by Gasteiger charge is -2.24. The SMILES string of the molecule is COc1ccc([C@@H]2C(C#N)=C(N)Oc3n[nH]c(-c4ccc5ccccc5c4)c32)cc1OC. The standard InChI is InChI=1S/C25H20N4O3/c1-30-19-10-9-16(12-20(19)31-2)21-18(13-26)24(27)32-25-22(21)23(28-29-25)17-8-7-14-5-3-4-6-15(14)11-17/h3-12,21H,27H2,1-2H3,(H,28,29)/t21-/m1/s1. The first-order valence-corrected chi connectivity index (χ1v) is 10.0. The van der Waals surface area contributed by atoms with Crippen molar-refractivity contribution >= 4 is 10.8 Å². The molecule has 0 amide bonds. The van der Waals surface area contributed by atoms with Crippen LogP contribution in [0.3, 0.4) is 0 Å². The molecule has 32 heavy (non-hydrogen) atoms. The number of nitriles is 1. The molecule has 0 spiro atoms. The fraction of sp³-hybridized carbons (Fsp3) is 0.120. The minimum absolute atomic E-state index is 0.0383. The minimum atomic E-state index is -0.483. The number of nitrogens with two attached hydrogens (primary N) is 1. The zero-order chi connectivity index (χ0) is 22.2. The number of methoxy groups -OCH3 is 2. The Hall–Kier alpha value is -4.44. The Kier molecular flexibility index (Phi) is 4.68. The van der Waals surface area contributed by atoms with Gasteiger partial charge in [0.25, 0.3) is 0 Å². The highest BCUT2D eigenvalue weighted by Crippen LogP contribution is 2.47. The molecule has 7 nitrogen and oxygen atoms in total. The Bertz CT molecular complexity index is 1410. The predicted octanol–water partition coefficient (Wildman–Crippen LogP) is 4.47. The van der Waals surface area contributed by atoms with Gasteiger partial charge in [-0.25, -0.2) is 0 Å². The zero-order valence-electron chi connectivity index (χ0n) is 17.5. The maximum absolute atomic E-state index is 9.93. The summed E-state index contributed by atoms with van der Waals surface area (Å²) in [5, 5.41) is 19.6. The van der Waals surface area contributed by atoms with Crippen LogP contribution in [0.4, 0.5) is 0 Å². The number of benzene rings is 3. The van der Waals surface area contributed by atoms with Crippen LogP contribution in [-0.2, 0) is 0 Å². The van der Waals surface area contributed by atoms with Gasteiger partial charge >= 0.3 is 0 Å². The molecule has 0 fully saturated rings. The van der Waals surface area contributed by atoms with Gasteiger partial charge in [-0.15, -0.1) is 5.10 Å². The third kappa shape index (κ3) is 3.01. The number of aromatic nitrogens is 2. The second-order valence-corrected chi connectivity index (χ2v) is 7.42. The molecule has 1 aliphatic rings. The normalized spacial score (nSPS) is 15.1. The molecule has 1 atom stereocenters. The van der Waals surface area contributed by atoms with Crippen LogP contribution in [0, 0.1) is 11.3 Å². The molecule has 3 aromatic carbocycles. The highest BCUT2D eigenvalue weighted by atomic mass is 16.5. The average molecular weight is 424 g/mol. The van der Waals surface area contributed by atoms with Crippen molar-refractivity contribution in [3.8, 4) is 34.7 Å². The van der Waals surface area contributed by atoms with Gasteiger partial charge in [-0.05, 0) is 34.5 Å². The molecule has 0 unspecified atom stereocenters. The van der Waals surface area contributed by atoms with Crippen LogP contribution >= 0.6 is 0 Å². The van der Waals surface area contributed by atoms with Crippen molar-refractivity contribution in [3.05, 3.63) is 83.2 Å². The molecule has 1 aliphatic heterocycles. The van der Waals surface area contributed by atoms with Crippen LogP contribution in [0.15, 0.2) is 72.1 Å². The Balaban J connectivity index is 1.72. The van der Waals surface area contributed by atoms with Gasteiger partial charge in [-0.1, -0.05) is 42.5 Å². The summed E-state index contributed by atoms with van der Waals surface area (Å²) < 4.78 is 16.6. The van der Waals surface area contributed by atoms with E-state index in [4.69, 9.17) is 19.9 Å². The molecule has 5 rings (SSSR count). The number of fused-ring (bicyclic) bond motifs is 2. The number of hydrogen-bond donors (Lipinski definition) is 2. The van der Waals surface area contributed by atoms with Gasteiger partial charge in [0.15, 0.2) is 11.5 Å². The highest BCUT2D eigenvalue weighted by molar-refractivity contribution is 5.87. The summed E-state index contributed by atoms with van der Waals surface area (Å²) in [5.74, 6) is 1.06. The van der Waals surface area contributed by atoms with Crippen LogP contribution in [0.2, 0.25) is 0 Å². The second-order valence-electron chi connectivity index (χ2n) is 7.42. The summed E-state index contributed by atoms with van der Waals surface area (Å²) in [6.07, 6.45) is 0. The molecule has 0 saturated carbocycles. The van der Waals surface area contributed by atoms with Crippen LogP contribution < -0.4 is 19.9 Å². The highest BCUT2D eigenvalue weighted by Gasteiger charge is 2.36. The van der Waals surface area contributed by atoms with Gasteiger partial charge in [-0.2, -0.15) is 5.26 Å². The summed E-state index contributed by atoms with van der Waals surface area (Å²) in [5.41, 5.74) is 9.69. The Labute approximate surface area is 184 Å². The second kappa shape index (κ2) is 7.67. The van der Waals surface area contributed by atoms with Gasteiger partial charge in [0.2, 0.25) is 11.8 Å². The number of H-pyrrole nitrogens is 1. The molecule has 0 aliphatic carbocycles. The van der Waals surface area contributed by atoms with E-state index in [0.717, 1.165) is 33.2 Å². The molecule has 2 heterocycles. The van der Waals surface area contributed by atoms with E-state index in [1.807, 2.05) is 36.4 Å². The quantitative estimate of drug-likeness (QED) is 0.501. The fourth-order valence-corrected chi connectivity index (χ4v) is 4.18. The maximum Gasteiger partial charge on any atom is 0.244 e. The van der Waals surface area contributed by atoms with Crippen molar-refractivity contribution < 1.29 is 14.2 Å². The molecule has 0 bridgehead atoms. The lowest BCUT2D eigenvalue weighted by atomic mass is 9.82. The van der Waals surface area contributed by atoms with E-state index >= 15 is 0 Å². The first-order chi connectivity index (χ1) is 15.6.